The molecule has 1 aromatic carbocycles. The summed E-state index contributed by atoms with van der Waals surface area (Å²) in [6.07, 6.45) is -0.173. The molecule has 3 rings (SSSR count). The average molecular weight is 446 g/mol. The van der Waals surface area contributed by atoms with Crippen LogP contribution in [-0.4, -0.2) is 40.7 Å². The van der Waals surface area contributed by atoms with Crippen LogP contribution in [0.1, 0.15) is 12.8 Å². The molecule has 1 fully saturated rings. The largest absolute Gasteiger partial charge is 0.491 e. The van der Waals surface area contributed by atoms with Gasteiger partial charge in [0, 0.05) is 31.3 Å². The van der Waals surface area contributed by atoms with Gasteiger partial charge in [-0.1, -0.05) is 0 Å². The third kappa shape index (κ3) is 4.54. The Kier molecular flexibility index (Phi) is 6.27. The SMILES string of the molecule is COc1c(N2CCC(F)(F)CC2C(=O)Nc2ccnc(S(N)=O)c2)ccc(F)c1F. The highest BCUT2D eigenvalue weighted by Gasteiger charge is 2.44. The van der Waals surface area contributed by atoms with Crippen molar-refractivity contribution in [3.8, 4) is 5.75 Å². The van der Waals surface area contributed by atoms with Crippen molar-refractivity contribution in [1.29, 1.82) is 0 Å². The first kappa shape index (κ1) is 22.0. The van der Waals surface area contributed by atoms with Gasteiger partial charge in [-0.05, 0) is 24.3 Å². The van der Waals surface area contributed by atoms with Crippen LogP contribution in [0.4, 0.5) is 28.9 Å². The summed E-state index contributed by atoms with van der Waals surface area (Å²) in [5.74, 6) is -6.88. The summed E-state index contributed by atoms with van der Waals surface area (Å²) in [6.45, 7) is -0.291. The molecule has 2 heterocycles. The minimum Gasteiger partial charge on any atom is -0.491 e. The molecule has 162 valence electrons. The van der Waals surface area contributed by atoms with E-state index in [9.17, 15) is 26.6 Å². The molecule has 2 atom stereocenters. The fourth-order valence-corrected chi connectivity index (χ4v) is 3.63. The van der Waals surface area contributed by atoms with E-state index < -0.39 is 59.1 Å². The molecule has 0 spiro atoms. The first-order valence-electron chi connectivity index (χ1n) is 8.72. The van der Waals surface area contributed by atoms with Crippen molar-refractivity contribution in [3.63, 3.8) is 0 Å². The second-order valence-electron chi connectivity index (χ2n) is 6.60. The maximum atomic E-state index is 14.1. The van der Waals surface area contributed by atoms with Gasteiger partial charge in [0.2, 0.25) is 11.7 Å². The fraction of sp³-hybridized carbons (Fsp3) is 0.333. The van der Waals surface area contributed by atoms with E-state index in [0.29, 0.717) is 0 Å². The third-order valence-corrected chi connectivity index (χ3v) is 5.28. The molecule has 3 N–H and O–H groups in total. The molecule has 1 aromatic heterocycles. The summed E-state index contributed by atoms with van der Waals surface area (Å²) in [5.41, 5.74) is 0.125. The number of amides is 1. The van der Waals surface area contributed by atoms with Gasteiger partial charge in [0.15, 0.2) is 11.6 Å². The van der Waals surface area contributed by atoms with E-state index in [2.05, 4.69) is 10.3 Å². The number of halogens is 4. The van der Waals surface area contributed by atoms with Gasteiger partial charge in [0.1, 0.15) is 22.1 Å². The number of nitrogens with zero attached hydrogens (tertiary/aromatic N) is 2. The Morgan fingerprint density at radius 1 is 1.37 bits per heavy atom. The number of pyridine rings is 1. The van der Waals surface area contributed by atoms with Crippen molar-refractivity contribution >= 4 is 28.3 Å². The van der Waals surface area contributed by atoms with E-state index in [1.807, 2.05) is 0 Å². The standard InChI is InChI=1S/C18H18F4N4O3S/c1-29-16-12(3-2-11(19)15(16)20)26-7-5-18(21,22)9-13(26)17(27)25-10-4-6-24-14(8-10)30(23)28/h2-4,6,8,13H,5,7,9,23H2,1H3,(H,24,25,27). The maximum Gasteiger partial charge on any atom is 0.252 e. The number of piperidine rings is 1. The summed E-state index contributed by atoms with van der Waals surface area (Å²) in [4.78, 5) is 17.9. The van der Waals surface area contributed by atoms with Gasteiger partial charge in [0.05, 0.1) is 12.8 Å². The third-order valence-electron chi connectivity index (χ3n) is 4.64. The van der Waals surface area contributed by atoms with E-state index in [1.165, 1.54) is 29.3 Å². The molecule has 1 saturated heterocycles. The zero-order valence-corrected chi connectivity index (χ0v) is 16.5. The number of rotatable bonds is 5. The lowest BCUT2D eigenvalue weighted by molar-refractivity contribution is -0.121. The molecule has 0 saturated carbocycles. The van der Waals surface area contributed by atoms with Crippen molar-refractivity contribution in [1.82, 2.24) is 4.98 Å². The Hall–Kier alpha value is -2.73. The predicted octanol–water partition coefficient (Wildman–Crippen LogP) is 2.59. The number of methoxy groups -OCH3 is 1. The molecule has 1 amide bonds. The van der Waals surface area contributed by atoms with Crippen molar-refractivity contribution in [3.05, 3.63) is 42.1 Å². The number of aromatic nitrogens is 1. The second kappa shape index (κ2) is 8.56. The zero-order chi connectivity index (χ0) is 22.1. The number of carbonyl (C=O) groups excluding carboxylic acids is 1. The Morgan fingerprint density at radius 2 is 2.10 bits per heavy atom. The number of nitrogens with two attached hydrogens (primary N) is 1. The zero-order valence-electron chi connectivity index (χ0n) is 15.7. The summed E-state index contributed by atoms with van der Waals surface area (Å²) in [6, 6.07) is 3.21. The van der Waals surface area contributed by atoms with Crippen LogP contribution in [-0.2, 0) is 15.8 Å². The Balaban J connectivity index is 1.95. The van der Waals surface area contributed by atoms with Gasteiger partial charge in [-0.3, -0.25) is 4.79 Å². The van der Waals surface area contributed by atoms with Crippen LogP contribution >= 0.6 is 0 Å². The van der Waals surface area contributed by atoms with E-state index >= 15 is 0 Å². The van der Waals surface area contributed by atoms with Crippen LogP contribution in [0.25, 0.3) is 0 Å². The van der Waals surface area contributed by atoms with E-state index in [0.717, 1.165) is 13.2 Å². The lowest BCUT2D eigenvalue weighted by Crippen LogP contribution is -2.53. The van der Waals surface area contributed by atoms with E-state index in [4.69, 9.17) is 9.88 Å². The monoisotopic (exact) mass is 446 g/mol. The van der Waals surface area contributed by atoms with E-state index in [-0.39, 0.29) is 22.9 Å². The van der Waals surface area contributed by atoms with Crippen LogP contribution in [0.2, 0.25) is 0 Å². The Bertz CT molecular complexity index is 992. The van der Waals surface area contributed by atoms with Gasteiger partial charge in [-0.15, -0.1) is 0 Å². The number of benzene rings is 1. The minimum atomic E-state index is -3.13. The molecule has 0 aliphatic carbocycles. The lowest BCUT2D eigenvalue weighted by Gasteiger charge is -2.40. The first-order chi connectivity index (χ1) is 14.1. The van der Waals surface area contributed by atoms with Gasteiger partial charge in [-0.25, -0.2) is 27.5 Å². The maximum absolute atomic E-state index is 14.1. The van der Waals surface area contributed by atoms with Crippen LogP contribution < -0.4 is 20.1 Å². The Morgan fingerprint density at radius 3 is 2.77 bits per heavy atom. The number of carbonyl (C=O) groups is 1. The number of hydrogen-bond donors (Lipinski definition) is 2. The first-order valence-corrected chi connectivity index (χ1v) is 9.94. The second-order valence-corrected chi connectivity index (χ2v) is 7.62. The van der Waals surface area contributed by atoms with Crippen molar-refractivity contribution in [2.24, 2.45) is 5.14 Å². The summed E-state index contributed by atoms with van der Waals surface area (Å²) < 4.78 is 72.2. The summed E-state index contributed by atoms with van der Waals surface area (Å²) in [7, 11) is -0.792. The molecule has 1 aliphatic heterocycles. The summed E-state index contributed by atoms with van der Waals surface area (Å²) >= 11 is 0. The van der Waals surface area contributed by atoms with E-state index in [1.54, 1.807) is 0 Å². The smallest absolute Gasteiger partial charge is 0.252 e. The molecule has 7 nitrogen and oxygen atoms in total. The van der Waals surface area contributed by atoms with Crippen molar-refractivity contribution in [2.45, 2.75) is 29.8 Å². The normalized spacial score (nSPS) is 19.3. The number of alkyl halides is 2. The quantitative estimate of drug-likeness (QED) is 0.689. The number of hydrogen-bond acceptors (Lipinski definition) is 5. The number of nitrogens with one attached hydrogen (secondary N) is 1. The molecule has 2 unspecified atom stereocenters. The van der Waals surface area contributed by atoms with Gasteiger partial charge < -0.3 is 15.0 Å². The molecular formula is C18H18F4N4O3S. The van der Waals surface area contributed by atoms with Crippen LogP contribution in [0.15, 0.2) is 35.5 Å². The van der Waals surface area contributed by atoms with Crippen molar-refractivity contribution < 1.29 is 31.3 Å². The predicted molar refractivity (Wildman–Crippen MR) is 102 cm³/mol. The average Bonchev–Trinajstić information content (AvgIpc) is 2.69. The Labute approximate surface area is 171 Å². The topological polar surface area (TPSA) is 97.6 Å². The lowest BCUT2D eigenvalue weighted by atomic mass is 9.96. The number of ether oxygens (including phenoxy) is 1. The molecule has 0 bridgehead atoms. The van der Waals surface area contributed by atoms with Crippen LogP contribution in [0.5, 0.6) is 5.75 Å². The van der Waals surface area contributed by atoms with Crippen molar-refractivity contribution in [2.75, 3.05) is 23.9 Å². The highest BCUT2D eigenvalue weighted by molar-refractivity contribution is 7.82. The molecule has 30 heavy (non-hydrogen) atoms. The highest BCUT2D eigenvalue weighted by atomic mass is 32.2. The fourth-order valence-electron chi connectivity index (χ4n) is 3.22. The molecule has 0 radical (unpaired) electrons. The minimum absolute atomic E-state index is 0.0131. The van der Waals surface area contributed by atoms with Crippen LogP contribution in [0.3, 0.4) is 0 Å². The highest BCUT2D eigenvalue weighted by Crippen LogP contribution is 2.40. The summed E-state index contributed by atoms with van der Waals surface area (Å²) in [5, 5.41) is 7.70. The molecule has 12 heteroatoms. The molecular weight excluding hydrogens is 428 g/mol. The molecule has 2 aromatic rings. The van der Waals surface area contributed by atoms with Gasteiger partial charge in [-0.2, -0.15) is 4.39 Å². The number of anilines is 2. The van der Waals surface area contributed by atoms with Crippen LogP contribution in [0, 0.1) is 11.6 Å². The van der Waals surface area contributed by atoms with Gasteiger partial charge >= 0.3 is 0 Å². The van der Waals surface area contributed by atoms with Gasteiger partial charge in [0.25, 0.3) is 5.92 Å². The molecule has 1 aliphatic rings.